The predicted molar refractivity (Wildman–Crippen MR) is 123 cm³/mol. The fraction of sp³-hybridized carbons (Fsp3) is 0.650. The van der Waals surface area contributed by atoms with E-state index in [2.05, 4.69) is 20.5 Å². The number of piperidine rings is 1. The van der Waals surface area contributed by atoms with Crippen molar-refractivity contribution in [1.82, 2.24) is 15.5 Å². The molecule has 0 spiro atoms. The van der Waals surface area contributed by atoms with Crippen molar-refractivity contribution in [2.45, 2.75) is 25.6 Å². The zero-order valence-corrected chi connectivity index (χ0v) is 19.8. The highest BCUT2D eigenvalue weighted by Gasteiger charge is 2.28. The van der Waals surface area contributed by atoms with E-state index in [4.69, 9.17) is 9.47 Å². The van der Waals surface area contributed by atoms with Crippen LogP contribution in [0.25, 0.3) is 0 Å². The summed E-state index contributed by atoms with van der Waals surface area (Å²) in [6, 6.07) is 6.55. The number of benzene rings is 1. The number of aliphatic imine (C=N–C) groups is 1. The molecular weight excluding hydrogens is 512 g/mol. The predicted octanol–water partition coefficient (Wildman–Crippen LogP) is 3.27. The van der Waals surface area contributed by atoms with Gasteiger partial charge in [-0.25, -0.2) is 0 Å². The Labute approximate surface area is 193 Å². The highest BCUT2D eigenvalue weighted by Crippen LogP contribution is 2.19. The lowest BCUT2D eigenvalue weighted by Gasteiger charge is -2.32. The Morgan fingerprint density at radius 3 is 2.40 bits per heavy atom. The SMILES string of the molecule is CN=C(NCc1ccc(OCC(F)(F)F)cc1)NCC1CCN(CCOC)CC1.I. The van der Waals surface area contributed by atoms with Crippen molar-refractivity contribution in [2.24, 2.45) is 10.9 Å². The summed E-state index contributed by atoms with van der Waals surface area (Å²) in [4.78, 5) is 6.66. The van der Waals surface area contributed by atoms with Crippen LogP contribution in [0.15, 0.2) is 29.3 Å². The van der Waals surface area contributed by atoms with Crippen LogP contribution in [0.5, 0.6) is 5.75 Å². The zero-order valence-electron chi connectivity index (χ0n) is 17.5. The van der Waals surface area contributed by atoms with E-state index in [-0.39, 0.29) is 29.7 Å². The van der Waals surface area contributed by atoms with Crippen LogP contribution >= 0.6 is 24.0 Å². The van der Waals surface area contributed by atoms with Crippen LogP contribution in [0, 0.1) is 5.92 Å². The molecule has 0 unspecified atom stereocenters. The molecule has 1 aromatic carbocycles. The Hall–Kier alpha value is -1.27. The molecule has 1 heterocycles. The van der Waals surface area contributed by atoms with E-state index in [0.29, 0.717) is 18.4 Å². The fourth-order valence-corrected chi connectivity index (χ4v) is 3.15. The number of ether oxygens (including phenoxy) is 2. The molecule has 0 atom stereocenters. The Morgan fingerprint density at radius 2 is 1.83 bits per heavy atom. The molecule has 6 nitrogen and oxygen atoms in total. The summed E-state index contributed by atoms with van der Waals surface area (Å²) in [5.74, 6) is 1.52. The van der Waals surface area contributed by atoms with Gasteiger partial charge in [-0.2, -0.15) is 13.2 Å². The maximum absolute atomic E-state index is 12.2. The van der Waals surface area contributed by atoms with Gasteiger partial charge in [-0.1, -0.05) is 12.1 Å². The number of nitrogens with zero attached hydrogens (tertiary/aromatic N) is 2. The number of hydrogen-bond acceptors (Lipinski definition) is 4. The molecule has 0 saturated carbocycles. The smallest absolute Gasteiger partial charge is 0.422 e. The second-order valence-corrected chi connectivity index (χ2v) is 7.13. The first kappa shape index (κ1) is 26.8. The highest BCUT2D eigenvalue weighted by molar-refractivity contribution is 14.0. The minimum atomic E-state index is -4.33. The molecule has 1 aliphatic rings. The van der Waals surface area contributed by atoms with Gasteiger partial charge in [0.25, 0.3) is 0 Å². The summed E-state index contributed by atoms with van der Waals surface area (Å²) < 4.78 is 46.4. The molecule has 2 N–H and O–H groups in total. The highest BCUT2D eigenvalue weighted by atomic mass is 127. The normalized spacial score (nSPS) is 16.1. The summed E-state index contributed by atoms with van der Waals surface area (Å²) >= 11 is 0. The zero-order chi connectivity index (χ0) is 21.1. The van der Waals surface area contributed by atoms with Gasteiger partial charge in [0.1, 0.15) is 5.75 Å². The van der Waals surface area contributed by atoms with E-state index in [9.17, 15) is 13.2 Å². The summed E-state index contributed by atoms with van der Waals surface area (Å²) in [6.45, 7) is 4.03. The third-order valence-corrected chi connectivity index (χ3v) is 4.89. The van der Waals surface area contributed by atoms with Crippen LogP contribution in [0.4, 0.5) is 13.2 Å². The van der Waals surface area contributed by atoms with Crippen molar-refractivity contribution >= 4 is 29.9 Å². The van der Waals surface area contributed by atoms with Gasteiger partial charge >= 0.3 is 6.18 Å². The maximum Gasteiger partial charge on any atom is 0.422 e. The van der Waals surface area contributed by atoms with E-state index >= 15 is 0 Å². The molecule has 10 heteroatoms. The maximum atomic E-state index is 12.2. The van der Waals surface area contributed by atoms with Crippen LogP contribution in [0.1, 0.15) is 18.4 Å². The first-order valence-corrected chi connectivity index (χ1v) is 9.84. The molecular formula is C20H32F3IN4O2. The Morgan fingerprint density at radius 1 is 1.17 bits per heavy atom. The van der Waals surface area contributed by atoms with Crippen molar-refractivity contribution in [3.05, 3.63) is 29.8 Å². The van der Waals surface area contributed by atoms with Crippen molar-refractivity contribution in [3.8, 4) is 5.75 Å². The summed E-state index contributed by atoms with van der Waals surface area (Å²) in [6.07, 6.45) is -2.04. The number of methoxy groups -OCH3 is 1. The van der Waals surface area contributed by atoms with Gasteiger partial charge in [-0.15, -0.1) is 24.0 Å². The van der Waals surface area contributed by atoms with Crippen LogP contribution in [-0.2, 0) is 11.3 Å². The van der Waals surface area contributed by atoms with Gasteiger partial charge in [-0.05, 0) is 49.5 Å². The van der Waals surface area contributed by atoms with E-state index in [0.717, 1.165) is 51.2 Å². The lowest BCUT2D eigenvalue weighted by molar-refractivity contribution is -0.153. The molecule has 2 rings (SSSR count). The third-order valence-electron chi connectivity index (χ3n) is 4.89. The topological polar surface area (TPSA) is 58.1 Å². The Balaban J connectivity index is 0.00000450. The van der Waals surface area contributed by atoms with Crippen LogP contribution in [0.2, 0.25) is 0 Å². The van der Waals surface area contributed by atoms with Gasteiger partial charge in [0.15, 0.2) is 12.6 Å². The molecule has 0 aliphatic carbocycles. The van der Waals surface area contributed by atoms with Crippen LogP contribution in [-0.4, -0.2) is 70.6 Å². The molecule has 0 aromatic heterocycles. The van der Waals surface area contributed by atoms with E-state index in [1.807, 2.05) is 0 Å². The van der Waals surface area contributed by atoms with Crippen LogP contribution in [0.3, 0.4) is 0 Å². The molecule has 30 heavy (non-hydrogen) atoms. The van der Waals surface area contributed by atoms with Gasteiger partial charge in [0.05, 0.1) is 6.61 Å². The molecule has 0 bridgehead atoms. The second-order valence-electron chi connectivity index (χ2n) is 7.13. The van der Waals surface area contributed by atoms with E-state index < -0.39 is 12.8 Å². The molecule has 0 amide bonds. The lowest BCUT2D eigenvalue weighted by atomic mass is 9.97. The number of rotatable bonds is 9. The Bertz CT molecular complexity index is 621. The van der Waals surface area contributed by atoms with E-state index in [1.54, 1.807) is 26.3 Å². The number of guanidine groups is 1. The van der Waals surface area contributed by atoms with Crippen molar-refractivity contribution < 1.29 is 22.6 Å². The third kappa shape index (κ3) is 10.7. The number of alkyl halides is 3. The quantitative estimate of drug-likeness (QED) is 0.284. The molecule has 1 fully saturated rings. The van der Waals surface area contributed by atoms with Gasteiger partial charge in [0, 0.05) is 33.8 Å². The largest absolute Gasteiger partial charge is 0.484 e. The minimum absolute atomic E-state index is 0. The fourth-order valence-electron chi connectivity index (χ4n) is 3.15. The first-order valence-electron chi connectivity index (χ1n) is 9.84. The number of halogens is 4. The van der Waals surface area contributed by atoms with Crippen molar-refractivity contribution in [3.63, 3.8) is 0 Å². The molecule has 172 valence electrons. The summed E-state index contributed by atoms with van der Waals surface area (Å²) in [5, 5.41) is 6.59. The second kappa shape index (κ2) is 13.9. The molecule has 1 aliphatic heterocycles. The minimum Gasteiger partial charge on any atom is -0.484 e. The summed E-state index contributed by atoms with van der Waals surface area (Å²) in [7, 11) is 3.45. The van der Waals surface area contributed by atoms with E-state index in [1.165, 1.54) is 12.1 Å². The van der Waals surface area contributed by atoms with Crippen molar-refractivity contribution in [1.29, 1.82) is 0 Å². The van der Waals surface area contributed by atoms with Gasteiger partial charge < -0.3 is 25.0 Å². The monoisotopic (exact) mass is 544 g/mol. The van der Waals surface area contributed by atoms with Gasteiger partial charge in [-0.3, -0.25) is 4.99 Å². The van der Waals surface area contributed by atoms with Crippen LogP contribution < -0.4 is 15.4 Å². The number of hydrogen-bond donors (Lipinski definition) is 2. The molecule has 0 radical (unpaired) electrons. The van der Waals surface area contributed by atoms with Gasteiger partial charge in [0.2, 0.25) is 0 Å². The lowest BCUT2D eigenvalue weighted by Crippen LogP contribution is -2.43. The molecule has 1 aromatic rings. The Kier molecular flexibility index (Phi) is 12.4. The average Bonchev–Trinajstić information content (AvgIpc) is 2.72. The number of nitrogens with one attached hydrogen (secondary N) is 2. The summed E-state index contributed by atoms with van der Waals surface area (Å²) in [5.41, 5.74) is 0.929. The van der Waals surface area contributed by atoms with Crippen molar-refractivity contribution in [2.75, 3.05) is 53.6 Å². The standard InChI is InChI=1S/C20H31F3N4O2.HI/c1-24-19(26-14-17-7-9-27(10-8-17)11-12-28-2)25-13-16-3-5-18(6-4-16)29-15-20(21,22)23;/h3-6,17H,7-15H2,1-2H3,(H2,24,25,26);1H. The first-order chi connectivity index (χ1) is 13.9. The average molecular weight is 544 g/mol. The number of likely N-dealkylation sites (tertiary alicyclic amines) is 1. The molecule has 1 saturated heterocycles.